The predicted molar refractivity (Wildman–Crippen MR) is 126 cm³/mol. The summed E-state index contributed by atoms with van der Waals surface area (Å²) in [7, 11) is 1.54. The zero-order valence-corrected chi connectivity index (χ0v) is 18.8. The van der Waals surface area contributed by atoms with Crippen LogP contribution in [0.25, 0.3) is 0 Å². The van der Waals surface area contributed by atoms with E-state index >= 15 is 0 Å². The number of rotatable bonds is 4. The van der Waals surface area contributed by atoms with E-state index in [9.17, 15) is 9.59 Å². The van der Waals surface area contributed by atoms with Crippen LogP contribution in [0, 0.1) is 13.8 Å². The highest BCUT2D eigenvalue weighted by molar-refractivity contribution is 7.10. The maximum Gasteiger partial charge on any atom is 0.258 e. The molecule has 0 saturated carbocycles. The summed E-state index contributed by atoms with van der Waals surface area (Å²) in [6.07, 6.45) is 3.08. The molecule has 1 N–H and O–H groups in total. The van der Waals surface area contributed by atoms with E-state index < -0.39 is 0 Å². The van der Waals surface area contributed by atoms with Crippen molar-refractivity contribution in [2.24, 2.45) is 0 Å². The van der Waals surface area contributed by atoms with Gasteiger partial charge in [-0.05, 0) is 79.9 Å². The number of nitrogens with zero attached hydrogens (tertiary/aromatic N) is 1. The molecule has 6 heteroatoms. The van der Waals surface area contributed by atoms with Crippen molar-refractivity contribution in [3.8, 4) is 5.75 Å². The van der Waals surface area contributed by atoms with Gasteiger partial charge in [-0.15, -0.1) is 11.3 Å². The monoisotopic (exact) mass is 434 g/mol. The fraction of sp³-hybridized carbons (Fsp3) is 0.280. The van der Waals surface area contributed by atoms with Gasteiger partial charge in [-0.1, -0.05) is 12.1 Å². The highest BCUT2D eigenvalue weighted by Gasteiger charge is 2.24. The quantitative estimate of drug-likeness (QED) is 0.581. The fourth-order valence-electron chi connectivity index (χ4n) is 3.92. The number of anilines is 2. The average molecular weight is 435 g/mol. The number of hydrogen-bond acceptors (Lipinski definition) is 4. The highest BCUT2D eigenvalue weighted by Crippen LogP contribution is 2.33. The zero-order chi connectivity index (χ0) is 22.0. The molecule has 0 fully saturated rings. The molecule has 1 aliphatic rings. The van der Waals surface area contributed by atoms with Gasteiger partial charge in [0.05, 0.1) is 18.5 Å². The summed E-state index contributed by atoms with van der Waals surface area (Å²) in [6.45, 7) is 4.62. The van der Waals surface area contributed by atoms with Crippen LogP contribution >= 0.6 is 11.3 Å². The van der Waals surface area contributed by atoms with Crippen molar-refractivity contribution in [3.63, 3.8) is 0 Å². The SMILES string of the molecule is COc1cc(C(=O)N2CCCCc3sccc32)ccc1NC(=O)c1cccc(C)c1C. The maximum atomic E-state index is 13.3. The average Bonchev–Trinajstić information content (AvgIpc) is 3.14. The number of carbonyl (C=O) groups is 2. The number of nitrogens with one attached hydrogen (secondary N) is 1. The summed E-state index contributed by atoms with van der Waals surface area (Å²) >= 11 is 1.71. The lowest BCUT2D eigenvalue weighted by molar-refractivity contribution is 0.0985. The molecular weight excluding hydrogens is 408 g/mol. The predicted octanol–water partition coefficient (Wildman–Crippen LogP) is 5.61. The molecule has 1 aliphatic heterocycles. The summed E-state index contributed by atoms with van der Waals surface area (Å²) in [4.78, 5) is 29.3. The smallest absolute Gasteiger partial charge is 0.258 e. The Morgan fingerprint density at radius 1 is 1.10 bits per heavy atom. The number of hydrogen-bond donors (Lipinski definition) is 1. The molecule has 2 amide bonds. The first kappa shape index (κ1) is 21.1. The van der Waals surface area contributed by atoms with Crippen molar-refractivity contribution in [3.05, 3.63) is 75.0 Å². The van der Waals surface area contributed by atoms with Crippen LogP contribution in [-0.2, 0) is 6.42 Å². The van der Waals surface area contributed by atoms with Gasteiger partial charge in [-0.2, -0.15) is 0 Å². The topological polar surface area (TPSA) is 58.6 Å². The molecule has 0 aliphatic carbocycles. The van der Waals surface area contributed by atoms with E-state index in [4.69, 9.17) is 4.74 Å². The minimum absolute atomic E-state index is 0.0488. The molecule has 2 heterocycles. The second-order valence-corrected chi connectivity index (χ2v) is 8.76. The number of amides is 2. The molecule has 2 aromatic carbocycles. The van der Waals surface area contributed by atoms with Gasteiger partial charge in [0.25, 0.3) is 11.8 Å². The molecule has 0 radical (unpaired) electrons. The second kappa shape index (κ2) is 8.94. The summed E-state index contributed by atoms with van der Waals surface area (Å²) in [5.41, 5.74) is 4.72. The van der Waals surface area contributed by atoms with Crippen LogP contribution in [0.5, 0.6) is 5.75 Å². The number of thiophene rings is 1. The van der Waals surface area contributed by atoms with Gasteiger partial charge < -0.3 is 15.0 Å². The van der Waals surface area contributed by atoms with Crippen molar-refractivity contribution in [1.82, 2.24) is 0 Å². The van der Waals surface area contributed by atoms with Gasteiger partial charge in [0, 0.05) is 22.5 Å². The highest BCUT2D eigenvalue weighted by atomic mass is 32.1. The van der Waals surface area contributed by atoms with Gasteiger partial charge in [-0.3, -0.25) is 9.59 Å². The Morgan fingerprint density at radius 3 is 2.74 bits per heavy atom. The largest absolute Gasteiger partial charge is 0.495 e. The third-order valence-electron chi connectivity index (χ3n) is 5.84. The summed E-state index contributed by atoms with van der Waals surface area (Å²) in [5, 5.41) is 4.97. The third kappa shape index (κ3) is 4.21. The Balaban J connectivity index is 1.59. The van der Waals surface area contributed by atoms with Crippen molar-refractivity contribution < 1.29 is 14.3 Å². The minimum atomic E-state index is -0.200. The number of aryl methyl sites for hydroxylation is 2. The van der Waals surface area contributed by atoms with Crippen LogP contribution in [0.15, 0.2) is 47.8 Å². The molecule has 0 atom stereocenters. The first-order chi connectivity index (χ1) is 15.0. The van der Waals surface area contributed by atoms with Gasteiger partial charge >= 0.3 is 0 Å². The van der Waals surface area contributed by atoms with E-state index in [1.165, 1.54) is 4.88 Å². The molecular formula is C25H26N2O3S. The Morgan fingerprint density at radius 2 is 1.94 bits per heavy atom. The van der Waals surface area contributed by atoms with E-state index in [2.05, 4.69) is 5.32 Å². The Hall–Kier alpha value is -3.12. The second-order valence-electron chi connectivity index (χ2n) is 7.76. The molecule has 5 nitrogen and oxygen atoms in total. The Bertz CT molecular complexity index is 1140. The molecule has 3 aromatic rings. The van der Waals surface area contributed by atoms with Crippen LogP contribution < -0.4 is 15.0 Å². The molecule has 0 spiro atoms. The molecule has 0 unspecified atom stereocenters. The molecule has 1 aromatic heterocycles. The van der Waals surface area contributed by atoms with Gasteiger partial charge in [0.2, 0.25) is 0 Å². The van der Waals surface area contributed by atoms with Crippen LogP contribution in [-0.4, -0.2) is 25.5 Å². The van der Waals surface area contributed by atoms with E-state index in [0.717, 1.165) is 36.1 Å². The standard InChI is InChI=1S/C25H26N2O3S/c1-16-7-6-8-19(17(16)2)24(28)26-20-11-10-18(15-22(20)30-3)25(29)27-13-5-4-9-23-21(27)12-14-31-23/h6-8,10-12,14-15H,4-5,9,13H2,1-3H3,(H,26,28). The zero-order valence-electron chi connectivity index (χ0n) is 18.0. The van der Waals surface area contributed by atoms with Crippen molar-refractivity contribution in [2.75, 3.05) is 23.9 Å². The van der Waals surface area contributed by atoms with Crippen molar-refractivity contribution in [1.29, 1.82) is 0 Å². The summed E-state index contributed by atoms with van der Waals surface area (Å²) in [6, 6.07) is 12.9. The Labute approximate surface area is 186 Å². The van der Waals surface area contributed by atoms with E-state index in [0.29, 0.717) is 29.1 Å². The maximum absolute atomic E-state index is 13.3. The molecule has 0 saturated heterocycles. The fourth-order valence-corrected chi connectivity index (χ4v) is 4.84. The first-order valence-corrected chi connectivity index (χ1v) is 11.3. The van der Waals surface area contributed by atoms with Crippen LogP contribution in [0.1, 0.15) is 49.6 Å². The lowest BCUT2D eigenvalue weighted by atomic mass is 10.0. The Kier molecular flexibility index (Phi) is 6.09. The normalized spacial score (nSPS) is 13.3. The molecule has 4 rings (SSSR count). The van der Waals surface area contributed by atoms with Crippen molar-refractivity contribution in [2.45, 2.75) is 33.1 Å². The van der Waals surface area contributed by atoms with E-state index in [1.54, 1.807) is 42.7 Å². The minimum Gasteiger partial charge on any atom is -0.495 e. The summed E-state index contributed by atoms with van der Waals surface area (Å²) < 4.78 is 5.51. The molecule has 0 bridgehead atoms. The number of methoxy groups -OCH3 is 1. The van der Waals surface area contributed by atoms with Crippen LogP contribution in [0.2, 0.25) is 0 Å². The lowest BCUT2D eigenvalue weighted by Gasteiger charge is -2.22. The van der Waals surface area contributed by atoms with Crippen molar-refractivity contribution >= 4 is 34.5 Å². The number of carbonyl (C=O) groups excluding carboxylic acids is 2. The number of ether oxygens (including phenoxy) is 1. The number of fused-ring (bicyclic) bond motifs is 1. The van der Waals surface area contributed by atoms with E-state index in [-0.39, 0.29) is 11.8 Å². The molecule has 31 heavy (non-hydrogen) atoms. The number of benzene rings is 2. The first-order valence-electron chi connectivity index (χ1n) is 10.4. The molecule has 160 valence electrons. The van der Waals surface area contributed by atoms with Gasteiger partial charge in [0.15, 0.2) is 0 Å². The van der Waals surface area contributed by atoms with Crippen LogP contribution in [0.3, 0.4) is 0 Å². The lowest BCUT2D eigenvalue weighted by Crippen LogP contribution is -2.31. The van der Waals surface area contributed by atoms with E-state index in [1.807, 2.05) is 42.3 Å². The van der Waals surface area contributed by atoms with Gasteiger partial charge in [0.1, 0.15) is 5.75 Å². The third-order valence-corrected chi connectivity index (χ3v) is 6.81. The van der Waals surface area contributed by atoms with Gasteiger partial charge in [-0.25, -0.2) is 0 Å². The van der Waals surface area contributed by atoms with Crippen LogP contribution in [0.4, 0.5) is 11.4 Å². The summed E-state index contributed by atoms with van der Waals surface area (Å²) in [5.74, 6) is 0.214.